The third-order valence-electron chi connectivity index (χ3n) is 4.21. The maximum Gasteiger partial charge on any atom is 0.344 e. The molecule has 0 spiro atoms. The van der Waals surface area contributed by atoms with Gasteiger partial charge in [0, 0.05) is 5.75 Å². The zero-order valence-electron chi connectivity index (χ0n) is 15.9. The number of hydrogen-bond donors (Lipinski definition) is 1. The van der Waals surface area contributed by atoms with Crippen LogP contribution in [0.5, 0.6) is 11.5 Å². The van der Waals surface area contributed by atoms with Crippen LogP contribution in [0.4, 0.5) is 0 Å². The Kier molecular flexibility index (Phi) is 6.26. The number of pyridine rings is 1. The van der Waals surface area contributed by atoms with E-state index in [0.29, 0.717) is 27.4 Å². The maximum atomic E-state index is 13.0. The number of methoxy groups -OCH3 is 2. The fourth-order valence-corrected chi connectivity index (χ4v) is 3.81. The van der Waals surface area contributed by atoms with Gasteiger partial charge in [-0.05, 0) is 36.8 Å². The first-order valence-corrected chi connectivity index (χ1v) is 9.73. The number of benzene rings is 2. The van der Waals surface area contributed by atoms with Gasteiger partial charge in [0.15, 0.2) is 0 Å². The Labute approximate surface area is 166 Å². The normalized spacial score (nSPS) is 10.7. The standard InChI is InChI=1S/C21H21NO5S/c1-4-27-21(24)17-19(23)15-6-5-7-16(26-3)18(15)22-20(17)28-12-13-8-10-14(25-2)11-9-13/h5-11H,4,12H2,1-3H3,(H,22,23). The van der Waals surface area contributed by atoms with Crippen LogP contribution in [0.3, 0.4) is 0 Å². The third kappa shape index (κ3) is 3.99. The van der Waals surface area contributed by atoms with Crippen molar-refractivity contribution in [1.29, 1.82) is 0 Å². The lowest BCUT2D eigenvalue weighted by Gasteiger charge is -2.12. The number of carbonyl (C=O) groups is 1. The molecular formula is C21H21NO5S. The Balaban J connectivity index is 2.05. The van der Waals surface area contributed by atoms with Crippen molar-refractivity contribution in [3.8, 4) is 11.5 Å². The first kappa shape index (κ1) is 19.8. The Morgan fingerprint density at radius 1 is 1.07 bits per heavy atom. The molecule has 0 amide bonds. The summed E-state index contributed by atoms with van der Waals surface area (Å²) in [7, 11) is 3.15. The first-order chi connectivity index (χ1) is 13.6. The highest BCUT2D eigenvalue weighted by Crippen LogP contribution is 2.29. The molecule has 6 nitrogen and oxygen atoms in total. The van der Waals surface area contributed by atoms with E-state index in [9.17, 15) is 9.59 Å². The van der Waals surface area contributed by atoms with Crippen LogP contribution < -0.4 is 14.9 Å². The van der Waals surface area contributed by atoms with E-state index in [1.807, 2.05) is 24.3 Å². The fraction of sp³-hybridized carbons (Fsp3) is 0.238. The van der Waals surface area contributed by atoms with Crippen molar-refractivity contribution in [3.63, 3.8) is 0 Å². The van der Waals surface area contributed by atoms with Gasteiger partial charge in [-0.15, -0.1) is 11.8 Å². The van der Waals surface area contributed by atoms with Crippen molar-refractivity contribution < 1.29 is 19.0 Å². The molecule has 0 aliphatic carbocycles. The van der Waals surface area contributed by atoms with Gasteiger partial charge < -0.3 is 19.2 Å². The Morgan fingerprint density at radius 2 is 1.82 bits per heavy atom. The molecule has 0 aliphatic heterocycles. The molecule has 0 bridgehead atoms. The molecule has 146 valence electrons. The van der Waals surface area contributed by atoms with Crippen LogP contribution in [0.1, 0.15) is 22.8 Å². The summed E-state index contributed by atoms with van der Waals surface area (Å²) in [5, 5.41) is 0.840. The zero-order valence-corrected chi connectivity index (χ0v) is 16.7. The molecule has 0 saturated heterocycles. The smallest absolute Gasteiger partial charge is 0.344 e. The monoisotopic (exact) mass is 399 g/mol. The summed E-state index contributed by atoms with van der Waals surface area (Å²) in [6.45, 7) is 1.90. The van der Waals surface area contributed by atoms with Crippen LogP contribution in [-0.4, -0.2) is 31.8 Å². The molecule has 0 aliphatic rings. The number of thioether (sulfide) groups is 1. The van der Waals surface area contributed by atoms with Crippen molar-refractivity contribution in [2.24, 2.45) is 0 Å². The molecule has 0 unspecified atom stereocenters. The molecule has 7 heteroatoms. The van der Waals surface area contributed by atoms with Crippen LogP contribution in [0.25, 0.3) is 10.9 Å². The number of carbonyl (C=O) groups excluding carboxylic acids is 1. The molecule has 0 atom stereocenters. The summed E-state index contributed by atoms with van der Waals surface area (Å²) >= 11 is 1.36. The van der Waals surface area contributed by atoms with E-state index in [-0.39, 0.29) is 17.6 Å². The van der Waals surface area contributed by atoms with Gasteiger partial charge in [0.1, 0.15) is 17.1 Å². The molecule has 3 rings (SSSR count). The lowest BCUT2D eigenvalue weighted by molar-refractivity contribution is 0.0520. The van der Waals surface area contributed by atoms with Crippen LogP contribution in [-0.2, 0) is 10.5 Å². The van der Waals surface area contributed by atoms with E-state index in [0.717, 1.165) is 11.3 Å². The number of para-hydroxylation sites is 1. The summed E-state index contributed by atoms with van der Waals surface area (Å²) in [5.74, 6) is 1.24. The highest BCUT2D eigenvalue weighted by molar-refractivity contribution is 7.98. The van der Waals surface area contributed by atoms with E-state index in [1.54, 1.807) is 32.2 Å². The summed E-state index contributed by atoms with van der Waals surface area (Å²) in [4.78, 5) is 28.7. The van der Waals surface area contributed by atoms with Crippen molar-refractivity contribution in [1.82, 2.24) is 4.98 Å². The second kappa shape index (κ2) is 8.84. The molecule has 1 aromatic heterocycles. The molecule has 3 aromatic rings. The van der Waals surface area contributed by atoms with Crippen molar-refractivity contribution in [2.45, 2.75) is 17.7 Å². The number of esters is 1. The topological polar surface area (TPSA) is 77.6 Å². The molecular weight excluding hydrogens is 378 g/mol. The van der Waals surface area contributed by atoms with E-state index in [1.165, 1.54) is 18.9 Å². The number of aromatic nitrogens is 1. The second-order valence-corrected chi connectivity index (χ2v) is 6.88. The average Bonchev–Trinajstić information content (AvgIpc) is 2.72. The number of fused-ring (bicyclic) bond motifs is 1. The highest BCUT2D eigenvalue weighted by Gasteiger charge is 2.22. The Bertz CT molecular complexity index is 1040. The quantitative estimate of drug-likeness (QED) is 0.478. The number of rotatable bonds is 7. The minimum atomic E-state index is -0.634. The van der Waals surface area contributed by atoms with Crippen molar-refractivity contribution >= 4 is 28.6 Å². The number of ether oxygens (including phenoxy) is 3. The zero-order chi connectivity index (χ0) is 20.1. The fourth-order valence-electron chi connectivity index (χ4n) is 2.81. The number of hydrogen-bond acceptors (Lipinski definition) is 6. The predicted octanol–water partition coefficient (Wildman–Crippen LogP) is 4.01. The summed E-state index contributed by atoms with van der Waals surface area (Å²) in [5.41, 5.74) is 1.23. The first-order valence-electron chi connectivity index (χ1n) is 8.74. The van der Waals surface area contributed by atoms with Gasteiger partial charge in [-0.3, -0.25) is 4.79 Å². The van der Waals surface area contributed by atoms with Crippen LogP contribution in [0.2, 0.25) is 0 Å². The number of nitrogens with one attached hydrogen (secondary N) is 1. The van der Waals surface area contributed by atoms with Crippen molar-refractivity contribution in [2.75, 3.05) is 20.8 Å². The highest BCUT2D eigenvalue weighted by atomic mass is 32.2. The van der Waals surface area contributed by atoms with E-state index in [2.05, 4.69) is 4.98 Å². The predicted molar refractivity (Wildman–Crippen MR) is 110 cm³/mol. The molecule has 1 heterocycles. The summed E-state index contributed by atoms with van der Waals surface area (Å²) in [6.07, 6.45) is 0. The molecule has 28 heavy (non-hydrogen) atoms. The van der Waals surface area contributed by atoms with Gasteiger partial charge in [0.05, 0.1) is 36.8 Å². The van der Waals surface area contributed by atoms with Crippen LogP contribution in [0.15, 0.2) is 52.3 Å². The van der Waals surface area contributed by atoms with E-state index in [4.69, 9.17) is 14.2 Å². The summed E-state index contributed by atoms with van der Waals surface area (Å²) in [6, 6.07) is 12.8. The molecule has 1 N–H and O–H groups in total. The Morgan fingerprint density at radius 3 is 2.46 bits per heavy atom. The minimum Gasteiger partial charge on any atom is -0.497 e. The minimum absolute atomic E-state index is 0.0149. The number of H-pyrrole nitrogens is 1. The second-order valence-electron chi connectivity index (χ2n) is 5.90. The van der Waals surface area contributed by atoms with Gasteiger partial charge in [-0.1, -0.05) is 18.2 Å². The average molecular weight is 399 g/mol. The van der Waals surface area contributed by atoms with E-state index >= 15 is 0 Å². The van der Waals surface area contributed by atoms with Crippen molar-refractivity contribution in [3.05, 3.63) is 63.8 Å². The lowest BCUT2D eigenvalue weighted by Crippen LogP contribution is -2.20. The molecule has 0 radical (unpaired) electrons. The van der Waals surface area contributed by atoms with Gasteiger partial charge in [0.2, 0.25) is 5.43 Å². The Hall–Kier alpha value is -2.93. The van der Waals surface area contributed by atoms with Gasteiger partial charge in [0.25, 0.3) is 0 Å². The van der Waals surface area contributed by atoms with Crippen LogP contribution >= 0.6 is 11.8 Å². The number of aromatic amines is 1. The van der Waals surface area contributed by atoms with E-state index < -0.39 is 5.97 Å². The SMILES string of the molecule is CCOC(=O)c1c(SCc2ccc(OC)cc2)[nH]c2c(OC)cccc2c1=O. The maximum absolute atomic E-state index is 13.0. The lowest BCUT2D eigenvalue weighted by atomic mass is 10.1. The largest absolute Gasteiger partial charge is 0.497 e. The van der Waals surface area contributed by atoms with Gasteiger partial charge in [-0.25, -0.2) is 4.79 Å². The molecule has 0 fully saturated rings. The van der Waals surface area contributed by atoms with Gasteiger partial charge >= 0.3 is 5.97 Å². The van der Waals surface area contributed by atoms with Crippen LogP contribution in [0, 0.1) is 0 Å². The summed E-state index contributed by atoms with van der Waals surface area (Å²) < 4.78 is 15.7. The third-order valence-corrected chi connectivity index (χ3v) is 5.28. The van der Waals surface area contributed by atoms with Gasteiger partial charge in [-0.2, -0.15) is 0 Å². The molecule has 0 saturated carbocycles. The molecule has 2 aromatic carbocycles.